The Morgan fingerprint density at radius 1 is 1.47 bits per heavy atom. The highest BCUT2D eigenvalue weighted by Gasteiger charge is 2.24. The number of rotatable bonds is 8. The highest BCUT2D eigenvalue weighted by atomic mass is 16.3. The molecular weight excluding hydrogens is 238 g/mol. The van der Waals surface area contributed by atoms with Gasteiger partial charge in [-0.2, -0.15) is 0 Å². The minimum Gasteiger partial charge on any atom is -0.396 e. The molecule has 19 heavy (non-hydrogen) atoms. The molecule has 2 N–H and O–H groups in total. The Bertz CT molecular complexity index is 379. The Labute approximate surface area is 115 Å². The van der Waals surface area contributed by atoms with Crippen LogP contribution in [0.4, 0.5) is 5.69 Å². The third-order valence-electron chi connectivity index (χ3n) is 3.76. The average Bonchev–Trinajstić information content (AvgIpc) is 2.35. The van der Waals surface area contributed by atoms with Crippen LogP contribution in [0.5, 0.6) is 0 Å². The largest absolute Gasteiger partial charge is 0.396 e. The fourth-order valence-corrected chi connectivity index (χ4v) is 2.50. The van der Waals surface area contributed by atoms with Crippen molar-refractivity contribution in [2.45, 2.75) is 45.2 Å². The van der Waals surface area contributed by atoms with Gasteiger partial charge in [-0.15, -0.1) is 0 Å². The van der Waals surface area contributed by atoms with Crippen LogP contribution in [-0.2, 0) is 6.54 Å². The second-order valence-electron chi connectivity index (χ2n) is 5.20. The molecule has 1 aliphatic rings. The van der Waals surface area contributed by atoms with Crippen molar-refractivity contribution < 1.29 is 5.11 Å². The van der Waals surface area contributed by atoms with Crippen molar-refractivity contribution in [1.29, 1.82) is 0 Å². The van der Waals surface area contributed by atoms with E-state index in [1.54, 1.807) is 0 Å². The van der Waals surface area contributed by atoms with Gasteiger partial charge in [0.15, 0.2) is 0 Å². The van der Waals surface area contributed by atoms with E-state index >= 15 is 0 Å². The van der Waals surface area contributed by atoms with Crippen molar-refractivity contribution in [3.8, 4) is 0 Å². The molecule has 2 rings (SSSR count). The van der Waals surface area contributed by atoms with E-state index in [2.05, 4.69) is 28.2 Å². The van der Waals surface area contributed by atoms with Crippen LogP contribution in [0.2, 0.25) is 0 Å². The Hall–Kier alpha value is -1.13. The van der Waals surface area contributed by atoms with Crippen LogP contribution in [0.25, 0.3) is 0 Å². The Morgan fingerprint density at radius 2 is 2.32 bits per heavy atom. The van der Waals surface area contributed by atoms with Crippen LogP contribution in [0, 0.1) is 0 Å². The molecule has 1 fully saturated rings. The van der Waals surface area contributed by atoms with E-state index in [1.807, 2.05) is 12.3 Å². The maximum Gasteiger partial charge on any atom is 0.0564 e. The lowest BCUT2D eigenvalue weighted by Gasteiger charge is -2.37. The molecular formula is C15H25N3O. The number of aliphatic hydroxyl groups is 1. The first-order valence-electron chi connectivity index (χ1n) is 7.37. The minimum absolute atomic E-state index is 0.272. The van der Waals surface area contributed by atoms with Crippen LogP contribution >= 0.6 is 0 Å². The first-order chi connectivity index (χ1) is 9.33. The van der Waals surface area contributed by atoms with Gasteiger partial charge < -0.3 is 10.4 Å². The third kappa shape index (κ3) is 4.18. The number of anilines is 1. The predicted octanol–water partition coefficient (Wildman–Crippen LogP) is 2.25. The van der Waals surface area contributed by atoms with Gasteiger partial charge in [-0.05, 0) is 38.3 Å². The Balaban J connectivity index is 1.96. The maximum atomic E-state index is 9.02. The van der Waals surface area contributed by atoms with Gasteiger partial charge in [-0.1, -0.05) is 6.42 Å². The highest BCUT2D eigenvalue weighted by Crippen LogP contribution is 2.26. The zero-order chi connectivity index (χ0) is 13.5. The summed E-state index contributed by atoms with van der Waals surface area (Å²) in [5, 5.41) is 12.3. The van der Waals surface area contributed by atoms with Crippen molar-refractivity contribution in [3.63, 3.8) is 0 Å². The van der Waals surface area contributed by atoms with Gasteiger partial charge >= 0.3 is 0 Å². The Morgan fingerprint density at radius 3 is 2.95 bits per heavy atom. The predicted molar refractivity (Wildman–Crippen MR) is 78.2 cm³/mol. The number of aromatic nitrogens is 1. The Kier molecular flexibility index (Phi) is 5.61. The molecule has 0 aromatic carbocycles. The molecule has 0 unspecified atom stereocenters. The van der Waals surface area contributed by atoms with Crippen molar-refractivity contribution in [2.24, 2.45) is 0 Å². The van der Waals surface area contributed by atoms with E-state index in [9.17, 15) is 0 Å². The van der Waals surface area contributed by atoms with Crippen molar-refractivity contribution in [2.75, 3.05) is 25.0 Å². The van der Waals surface area contributed by atoms with E-state index in [1.165, 1.54) is 19.3 Å². The van der Waals surface area contributed by atoms with Gasteiger partial charge in [-0.25, -0.2) is 0 Å². The van der Waals surface area contributed by atoms with Crippen molar-refractivity contribution in [1.82, 2.24) is 9.88 Å². The molecule has 0 radical (unpaired) electrons. The molecule has 4 heteroatoms. The van der Waals surface area contributed by atoms with Gasteiger partial charge in [0, 0.05) is 44.2 Å². The van der Waals surface area contributed by atoms with Crippen molar-refractivity contribution in [3.05, 3.63) is 24.0 Å². The molecule has 0 aliphatic heterocycles. The molecule has 4 nitrogen and oxygen atoms in total. The summed E-state index contributed by atoms with van der Waals surface area (Å²) in [6.07, 6.45) is 6.64. The van der Waals surface area contributed by atoms with Gasteiger partial charge in [-0.3, -0.25) is 9.88 Å². The van der Waals surface area contributed by atoms with Gasteiger partial charge in [0.2, 0.25) is 0 Å². The standard InChI is InChI=1S/C15H25N3O/c1-2-16-13-7-8-17-14(11-13)12-18(9-4-10-19)15-5-3-6-15/h7-8,11,15,19H,2-6,9-10,12H2,1H3,(H,16,17). The molecule has 1 heterocycles. The number of nitrogens with zero attached hydrogens (tertiary/aromatic N) is 2. The van der Waals surface area contributed by atoms with Crippen LogP contribution in [0.3, 0.4) is 0 Å². The second-order valence-corrected chi connectivity index (χ2v) is 5.20. The molecule has 0 atom stereocenters. The zero-order valence-corrected chi connectivity index (χ0v) is 11.8. The van der Waals surface area contributed by atoms with Gasteiger partial charge in [0.1, 0.15) is 0 Å². The molecule has 0 amide bonds. The molecule has 1 aliphatic carbocycles. The maximum absolute atomic E-state index is 9.02. The topological polar surface area (TPSA) is 48.4 Å². The molecule has 1 aromatic rings. The zero-order valence-electron chi connectivity index (χ0n) is 11.8. The fourth-order valence-electron chi connectivity index (χ4n) is 2.50. The third-order valence-corrected chi connectivity index (χ3v) is 3.76. The summed E-state index contributed by atoms with van der Waals surface area (Å²) in [5.74, 6) is 0. The van der Waals surface area contributed by atoms with Gasteiger partial charge in [0.25, 0.3) is 0 Å². The molecule has 0 spiro atoms. The van der Waals surface area contributed by atoms with Crippen LogP contribution in [0.15, 0.2) is 18.3 Å². The summed E-state index contributed by atoms with van der Waals surface area (Å²) in [7, 11) is 0. The number of nitrogens with one attached hydrogen (secondary N) is 1. The lowest BCUT2D eigenvalue weighted by atomic mass is 9.91. The fraction of sp³-hybridized carbons (Fsp3) is 0.667. The second kappa shape index (κ2) is 7.46. The summed E-state index contributed by atoms with van der Waals surface area (Å²) in [4.78, 5) is 6.94. The first-order valence-corrected chi connectivity index (χ1v) is 7.37. The number of pyridine rings is 1. The van der Waals surface area contributed by atoms with E-state index in [-0.39, 0.29) is 6.61 Å². The van der Waals surface area contributed by atoms with Crippen LogP contribution in [0.1, 0.15) is 38.3 Å². The molecule has 1 saturated carbocycles. The van der Waals surface area contributed by atoms with Crippen molar-refractivity contribution >= 4 is 5.69 Å². The SMILES string of the molecule is CCNc1ccnc(CN(CCCO)C2CCC2)c1. The van der Waals surface area contributed by atoms with E-state index in [0.717, 1.165) is 37.4 Å². The molecule has 1 aromatic heterocycles. The average molecular weight is 263 g/mol. The highest BCUT2D eigenvalue weighted by molar-refractivity contribution is 5.42. The first kappa shape index (κ1) is 14.3. The van der Waals surface area contributed by atoms with Gasteiger partial charge in [0.05, 0.1) is 5.69 Å². The van der Waals surface area contributed by atoms with E-state index in [4.69, 9.17) is 5.11 Å². The molecule has 106 valence electrons. The smallest absolute Gasteiger partial charge is 0.0564 e. The minimum atomic E-state index is 0.272. The number of hydrogen-bond acceptors (Lipinski definition) is 4. The molecule has 0 saturated heterocycles. The number of hydrogen-bond donors (Lipinski definition) is 2. The summed E-state index contributed by atoms with van der Waals surface area (Å²) in [6.45, 7) is 5.16. The quantitative estimate of drug-likeness (QED) is 0.755. The normalized spacial score (nSPS) is 15.5. The summed E-state index contributed by atoms with van der Waals surface area (Å²) < 4.78 is 0. The summed E-state index contributed by atoms with van der Waals surface area (Å²) >= 11 is 0. The van der Waals surface area contributed by atoms with E-state index in [0.29, 0.717) is 6.04 Å². The monoisotopic (exact) mass is 263 g/mol. The van der Waals surface area contributed by atoms with Crippen LogP contribution < -0.4 is 5.32 Å². The molecule has 0 bridgehead atoms. The summed E-state index contributed by atoms with van der Waals surface area (Å²) in [5.41, 5.74) is 2.26. The van der Waals surface area contributed by atoms with E-state index < -0.39 is 0 Å². The summed E-state index contributed by atoms with van der Waals surface area (Å²) in [6, 6.07) is 4.83. The lowest BCUT2D eigenvalue weighted by molar-refractivity contribution is 0.108. The van der Waals surface area contributed by atoms with Crippen LogP contribution in [-0.4, -0.2) is 40.7 Å². The number of aliphatic hydroxyl groups excluding tert-OH is 1. The lowest BCUT2D eigenvalue weighted by Crippen LogP contribution is -2.40.